The third-order valence-corrected chi connectivity index (χ3v) is 5.90. The molecule has 134 valence electrons. The normalized spacial score (nSPS) is 18.9. The van der Waals surface area contributed by atoms with E-state index in [-0.39, 0.29) is 5.91 Å². The molecule has 1 saturated heterocycles. The third kappa shape index (κ3) is 3.58. The quantitative estimate of drug-likeness (QED) is 0.853. The van der Waals surface area contributed by atoms with Gasteiger partial charge in [0.05, 0.1) is 17.9 Å². The Hall–Kier alpha value is -1.84. The number of amides is 1. The number of likely N-dealkylation sites (N-methyl/N-ethyl adjacent to an activating group) is 1. The van der Waals surface area contributed by atoms with E-state index in [9.17, 15) is 4.79 Å². The second-order valence-corrected chi connectivity index (χ2v) is 7.61. The first-order chi connectivity index (χ1) is 12.2. The van der Waals surface area contributed by atoms with E-state index in [1.807, 2.05) is 4.68 Å². The highest BCUT2D eigenvalue weighted by molar-refractivity contribution is 7.15. The maximum atomic E-state index is 12.5. The Morgan fingerprint density at radius 3 is 3.08 bits per heavy atom. The average molecular weight is 361 g/mol. The van der Waals surface area contributed by atoms with E-state index in [1.165, 1.54) is 4.88 Å². The number of fused-ring (bicyclic) bond motifs is 1. The molecule has 0 bridgehead atoms. The molecule has 0 saturated carbocycles. The van der Waals surface area contributed by atoms with Gasteiger partial charge in [0.15, 0.2) is 10.8 Å². The van der Waals surface area contributed by atoms with Crippen LogP contribution < -0.4 is 10.6 Å². The van der Waals surface area contributed by atoms with Crippen molar-refractivity contribution in [1.29, 1.82) is 0 Å². The zero-order valence-electron chi connectivity index (χ0n) is 14.4. The number of aromatic nitrogens is 4. The van der Waals surface area contributed by atoms with Crippen LogP contribution in [0.1, 0.15) is 46.9 Å². The molecule has 0 atom stereocenters. The largest absolute Gasteiger partial charge is 0.317 e. The van der Waals surface area contributed by atoms with Gasteiger partial charge in [0.2, 0.25) is 0 Å². The maximum Gasteiger partial charge on any atom is 0.279 e. The van der Waals surface area contributed by atoms with Crippen molar-refractivity contribution in [2.24, 2.45) is 0 Å². The second kappa shape index (κ2) is 7.19. The lowest BCUT2D eigenvalue weighted by atomic mass is 10.1. The van der Waals surface area contributed by atoms with Gasteiger partial charge in [-0.05, 0) is 32.5 Å². The molecule has 0 aliphatic carbocycles. The van der Waals surface area contributed by atoms with E-state index in [4.69, 9.17) is 0 Å². The van der Waals surface area contributed by atoms with Crippen LogP contribution in [0.5, 0.6) is 0 Å². The molecule has 8 nitrogen and oxygen atoms in total. The number of rotatable bonds is 4. The highest BCUT2D eigenvalue weighted by Crippen LogP contribution is 2.28. The lowest BCUT2D eigenvalue weighted by Crippen LogP contribution is -2.29. The van der Waals surface area contributed by atoms with Crippen molar-refractivity contribution < 1.29 is 4.79 Å². The van der Waals surface area contributed by atoms with Gasteiger partial charge in [0, 0.05) is 24.4 Å². The van der Waals surface area contributed by atoms with Crippen LogP contribution in [0.4, 0.5) is 5.13 Å². The number of hydrogen-bond donors (Lipinski definition) is 2. The Bertz CT molecular complexity index is 750. The van der Waals surface area contributed by atoms with E-state index in [0.29, 0.717) is 16.9 Å². The predicted octanol–water partition coefficient (Wildman–Crippen LogP) is 1.29. The highest BCUT2D eigenvalue weighted by Gasteiger charge is 2.22. The van der Waals surface area contributed by atoms with E-state index in [2.05, 4.69) is 37.8 Å². The van der Waals surface area contributed by atoms with Crippen LogP contribution in [0.15, 0.2) is 6.20 Å². The first-order valence-corrected chi connectivity index (χ1v) is 9.69. The number of anilines is 1. The van der Waals surface area contributed by atoms with Gasteiger partial charge < -0.3 is 5.32 Å². The summed E-state index contributed by atoms with van der Waals surface area (Å²) < 4.78 is 1.82. The molecule has 9 heteroatoms. The summed E-state index contributed by atoms with van der Waals surface area (Å²) in [5.41, 5.74) is 1.46. The number of thiazole rings is 1. The van der Waals surface area contributed by atoms with Crippen LogP contribution in [0.3, 0.4) is 0 Å². The molecule has 2 aromatic heterocycles. The van der Waals surface area contributed by atoms with Gasteiger partial charge in [0.1, 0.15) is 0 Å². The summed E-state index contributed by atoms with van der Waals surface area (Å²) in [6.45, 7) is 7.12. The lowest BCUT2D eigenvalue weighted by Gasteiger charge is -2.23. The van der Waals surface area contributed by atoms with Crippen LogP contribution in [0.2, 0.25) is 0 Å². The number of nitrogens with zero attached hydrogens (tertiary/aromatic N) is 5. The highest BCUT2D eigenvalue weighted by atomic mass is 32.1. The Labute approximate surface area is 150 Å². The van der Waals surface area contributed by atoms with Crippen molar-refractivity contribution in [2.45, 2.75) is 38.8 Å². The molecule has 2 aromatic rings. The minimum atomic E-state index is -0.237. The zero-order valence-corrected chi connectivity index (χ0v) is 15.2. The molecule has 0 radical (unpaired) electrons. The lowest BCUT2D eigenvalue weighted by molar-refractivity contribution is 0.102. The van der Waals surface area contributed by atoms with Gasteiger partial charge in [-0.1, -0.05) is 12.1 Å². The fourth-order valence-corrected chi connectivity index (χ4v) is 4.41. The molecule has 0 spiro atoms. The maximum absolute atomic E-state index is 12.5. The molecule has 0 unspecified atom stereocenters. The fraction of sp³-hybridized carbons (Fsp3) is 0.625. The van der Waals surface area contributed by atoms with Gasteiger partial charge in [-0.25, -0.2) is 9.67 Å². The molecular formula is C16H23N7OS. The topological polar surface area (TPSA) is 88.0 Å². The smallest absolute Gasteiger partial charge is 0.279 e. The van der Waals surface area contributed by atoms with Gasteiger partial charge >= 0.3 is 0 Å². The molecule has 4 rings (SSSR count). The van der Waals surface area contributed by atoms with Crippen LogP contribution >= 0.6 is 11.3 Å². The van der Waals surface area contributed by atoms with Crippen molar-refractivity contribution in [2.75, 3.05) is 31.5 Å². The summed E-state index contributed by atoms with van der Waals surface area (Å²) in [6, 6.07) is 0.322. The molecule has 2 aliphatic rings. The Morgan fingerprint density at radius 2 is 2.28 bits per heavy atom. The summed E-state index contributed by atoms with van der Waals surface area (Å²) >= 11 is 1.56. The number of carbonyl (C=O) groups excluding carboxylic acids is 1. The summed E-state index contributed by atoms with van der Waals surface area (Å²) in [5, 5.41) is 15.1. The standard InChI is InChI=1S/C16H23N7OS/c1-2-22-8-5-12-14(10-22)25-16(18-12)19-15(24)13-9-23(21-20-13)11-3-6-17-7-4-11/h9,11,17H,2-8,10H2,1H3,(H,18,19,24). The Kier molecular flexibility index (Phi) is 4.78. The van der Waals surface area contributed by atoms with Crippen LogP contribution in [-0.4, -0.2) is 57.0 Å². The van der Waals surface area contributed by atoms with Gasteiger partial charge in [-0.3, -0.25) is 15.0 Å². The van der Waals surface area contributed by atoms with Crippen molar-refractivity contribution >= 4 is 22.4 Å². The summed E-state index contributed by atoms with van der Waals surface area (Å²) in [7, 11) is 0. The number of carbonyl (C=O) groups is 1. The monoisotopic (exact) mass is 361 g/mol. The number of piperidine rings is 1. The second-order valence-electron chi connectivity index (χ2n) is 6.53. The summed E-state index contributed by atoms with van der Waals surface area (Å²) in [6.07, 6.45) is 4.72. The van der Waals surface area contributed by atoms with E-state index in [0.717, 1.165) is 57.7 Å². The Morgan fingerprint density at radius 1 is 1.44 bits per heavy atom. The van der Waals surface area contributed by atoms with E-state index >= 15 is 0 Å². The van der Waals surface area contributed by atoms with Crippen LogP contribution in [0, 0.1) is 0 Å². The van der Waals surface area contributed by atoms with Crippen molar-refractivity contribution in [1.82, 2.24) is 30.2 Å². The molecule has 2 aliphatic heterocycles. The van der Waals surface area contributed by atoms with E-state index in [1.54, 1.807) is 17.5 Å². The number of hydrogen-bond acceptors (Lipinski definition) is 7. The molecular weight excluding hydrogens is 338 g/mol. The van der Waals surface area contributed by atoms with Gasteiger partial charge in [-0.2, -0.15) is 0 Å². The average Bonchev–Trinajstić information content (AvgIpc) is 3.28. The Balaban J connectivity index is 1.42. The fourth-order valence-electron chi connectivity index (χ4n) is 3.36. The first kappa shape index (κ1) is 16.6. The molecule has 25 heavy (non-hydrogen) atoms. The molecule has 2 N–H and O–H groups in total. The summed E-state index contributed by atoms with van der Waals surface area (Å²) in [5.74, 6) is -0.237. The minimum Gasteiger partial charge on any atom is -0.317 e. The van der Waals surface area contributed by atoms with Crippen LogP contribution in [0.25, 0.3) is 0 Å². The van der Waals surface area contributed by atoms with Gasteiger partial charge in [-0.15, -0.1) is 16.4 Å². The predicted molar refractivity (Wildman–Crippen MR) is 95.9 cm³/mol. The molecule has 1 amide bonds. The third-order valence-electron chi connectivity index (χ3n) is 4.90. The van der Waals surface area contributed by atoms with Gasteiger partial charge in [0.25, 0.3) is 5.91 Å². The van der Waals surface area contributed by atoms with Crippen molar-refractivity contribution in [3.8, 4) is 0 Å². The molecule has 4 heterocycles. The van der Waals surface area contributed by atoms with Crippen molar-refractivity contribution in [3.63, 3.8) is 0 Å². The number of nitrogens with one attached hydrogen (secondary N) is 2. The van der Waals surface area contributed by atoms with Crippen molar-refractivity contribution in [3.05, 3.63) is 22.5 Å². The minimum absolute atomic E-state index is 0.237. The first-order valence-electron chi connectivity index (χ1n) is 8.87. The molecule has 0 aromatic carbocycles. The van der Waals surface area contributed by atoms with Crippen LogP contribution in [-0.2, 0) is 13.0 Å². The molecule has 1 fully saturated rings. The van der Waals surface area contributed by atoms with E-state index < -0.39 is 0 Å². The summed E-state index contributed by atoms with van der Waals surface area (Å²) in [4.78, 5) is 20.7. The zero-order chi connectivity index (χ0) is 17.2. The SMILES string of the molecule is CCN1CCc2nc(NC(=O)c3cn(C4CCNCC4)nn3)sc2C1.